The highest BCUT2D eigenvalue weighted by molar-refractivity contribution is 6.16. The van der Waals surface area contributed by atoms with Gasteiger partial charge in [0.1, 0.15) is 66.8 Å². The molecule has 1 N–H and O–H groups in total. The Labute approximate surface area is 393 Å². The van der Waals surface area contributed by atoms with E-state index < -0.39 is 23.9 Å². The number of hydrogen-bond donors (Lipinski definition) is 1. The monoisotopic (exact) mass is 905 g/mol. The first-order valence-corrected chi connectivity index (χ1v) is 22.3. The molecule has 2 unspecified atom stereocenters. The molecular formula is C55H47N5O8. The molecule has 1 aliphatic rings. The zero-order valence-corrected chi connectivity index (χ0v) is 37.0. The topological polar surface area (TPSA) is 153 Å². The molecule has 1 aromatic heterocycles. The Bertz CT molecular complexity index is 2890. The van der Waals surface area contributed by atoms with Crippen LogP contribution in [0, 0.1) is 0 Å². The number of rotatable bonds is 19. The van der Waals surface area contributed by atoms with Gasteiger partial charge in [0, 0.05) is 0 Å². The van der Waals surface area contributed by atoms with Crippen LogP contribution in [0.5, 0.6) is 23.0 Å². The number of carbonyl (C=O) groups excluding carboxylic acids is 3. The van der Waals surface area contributed by atoms with E-state index in [1.54, 1.807) is 36.4 Å². The van der Waals surface area contributed by atoms with Crippen LogP contribution in [0.25, 0.3) is 5.69 Å². The lowest BCUT2D eigenvalue weighted by Gasteiger charge is -2.23. The summed E-state index contributed by atoms with van der Waals surface area (Å²) in [4.78, 5) is 45.1. The molecule has 68 heavy (non-hydrogen) atoms. The lowest BCUT2D eigenvalue weighted by molar-refractivity contribution is 0.0249. The molecule has 13 heteroatoms. The Morgan fingerprint density at radius 1 is 0.544 bits per heavy atom. The molecule has 0 aliphatic heterocycles. The van der Waals surface area contributed by atoms with E-state index in [2.05, 4.69) is 20.7 Å². The summed E-state index contributed by atoms with van der Waals surface area (Å²) < 4.78 is 31.8. The molecule has 8 aromatic rings. The second-order valence-electron chi connectivity index (χ2n) is 16.1. The van der Waals surface area contributed by atoms with Crippen molar-refractivity contribution >= 4 is 17.7 Å². The number of para-hydroxylation sites is 1. The highest BCUT2D eigenvalue weighted by Crippen LogP contribution is 2.39. The van der Waals surface area contributed by atoms with Crippen LogP contribution in [0.15, 0.2) is 182 Å². The van der Waals surface area contributed by atoms with Crippen molar-refractivity contribution in [3.63, 3.8) is 0 Å². The summed E-state index contributed by atoms with van der Waals surface area (Å²) in [6.45, 7) is 0.553. The van der Waals surface area contributed by atoms with Gasteiger partial charge < -0.3 is 29.0 Å². The van der Waals surface area contributed by atoms with Crippen LogP contribution < -0.4 is 24.3 Å². The largest absolute Gasteiger partial charge is 0.488 e. The number of nitrogens with zero attached hydrogens (tertiary/aromatic N) is 4. The van der Waals surface area contributed by atoms with Gasteiger partial charge in [-0.25, -0.2) is 4.79 Å². The maximum Gasteiger partial charge on any atom is 0.338 e. The van der Waals surface area contributed by atoms with E-state index in [4.69, 9.17) is 23.7 Å². The molecule has 340 valence electrons. The van der Waals surface area contributed by atoms with E-state index in [9.17, 15) is 9.59 Å². The summed E-state index contributed by atoms with van der Waals surface area (Å²) >= 11 is 0. The van der Waals surface area contributed by atoms with Gasteiger partial charge in [0.05, 0.1) is 22.7 Å². The third-order valence-electron chi connectivity index (χ3n) is 11.4. The molecule has 1 amide bonds. The number of tetrazole rings is 1. The number of esters is 1. The van der Waals surface area contributed by atoms with E-state index >= 15 is 4.79 Å². The predicted octanol–water partition coefficient (Wildman–Crippen LogP) is 9.72. The lowest BCUT2D eigenvalue weighted by Crippen LogP contribution is -2.42. The van der Waals surface area contributed by atoms with Gasteiger partial charge in [-0.1, -0.05) is 140 Å². The SMILES string of the molecule is O=C(OC1CCCC1NC(=O)c1ccccc1OCc1ccccc1)c1cc(OCc2ccccc2)c(C(=O)c2c(OCc3ccccc3)cccc2-n2ncnn2)c(OCc2ccccc2)c1. The number of amides is 1. The fraction of sp³-hybridized carbons (Fsp3) is 0.164. The summed E-state index contributed by atoms with van der Waals surface area (Å²) in [5.74, 6) is -0.749. The molecule has 1 aliphatic carbocycles. The van der Waals surface area contributed by atoms with Crippen LogP contribution in [0.1, 0.15) is 78.2 Å². The van der Waals surface area contributed by atoms with E-state index in [1.165, 1.54) is 23.3 Å². The Kier molecular flexibility index (Phi) is 14.2. The van der Waals surface area contributed by atoms with Gasteiger partial charge in [-0.3, -0.25) is 9.59 Å². The Morgan fingerprint density at radius 2 is 1.04 bits per heavy atom. The standard InChI is InChI=1S/C55H47N5O8/c61-53(51-45(60-57-37-56-59-60)27-16-30-48(51)65-34-39-19-7-2-8-20-39)52-49(66-35-40-21-9-3-10-22-40)31-42(32-50(52)67-36-41-23-11-4-12-24-41)55(63)68-47-29-15-26-44(47)58-54(62)43-25-13-14-28-46(43)64-33-38-17-5-1-6-18-38/h1-14,16-25,27-28,30-32,37,44,47H,15,26,29,33-36H2,(H,58,62). The number of aromatic nitrogens is 4. The zero-order valence-electron chi connectivity index (χ0n) is 37.0. The van der Waals surface area contributed by atoms with E-state index in [0.29, 0.717) is 42.9 Å². The van der Waals surface area contributed by atoms with E-state index in [1.807, 2.05) is 127 Å². The quantitative estimate of drug-likeness (QED) is 0.0610. The first kappa shape index (κ1) is 44.6. The maximum absolute atomic E-state index is 15.5. The van der Waals surface area contributed by atoms with Gasteiger partial charge in [-0.2, -0.15) is 0 Å². The third-order valence-corrected chi connectivity index (χ3v) is 11.4. The van der Waals surface area contributed by atoms with E-state index in [-0.39, 0.29) is 59.7 Å². The van der Waals surface area contributed by atoms with Crippen molar-refractivity contribution in [2.24, 2.45) is 0 Å². The number of ether oxygens (including phenoxy) is 5. The Hall–Kier alpha value is -8.58. The molecule has 2 atom stereocenters. The van der Waals surface area contributed by atoms with E-state index in [0.717, 1.165) is 22.3 Å². The number of hydrogen-bond acceptors (Lipinski definition) is 11. The Balaban J connectivity index is 1.05. The van der Waals surface area contributed by atoms with Crippen LogP contribution in [0.2, 0.25) is 0 Å². The molecule has 0 saturated heterocycles. The molecular weight excluding hydrogens is 859 g/mol. The summed E-state index contributed by atoms with van der Waals surface area (Å²) in [5.41, 5.74) is 4.39. The Morgan fingerprint density at radius 3 is 1.59 bits per heavy atom. The minimum Gasteiger partial charge on any atom is -0.488 e. The van der Waals surface area contributed by atoms with Gasteiger partial charge >= 0.3 is 5.97 Å². The lowest BCUT2D eigenvalue weighted by atomic mass is 9.97. The minimum atomic E-state index is -0.685. The normalized spacial score (nSPS) is 14.1. The third kappa shape index (κ3) is 10.9. The molecule has 13 nitrogen and oxygen atoms in total. The second-order valence-corrected chi connectivity index (χ2v) is 16.1. The summed E-state index contributed by atoms with van der Waals surface area (Å²) in [7, 11) is 0. The average molecular weight is 906 g/mol. The summed E-state index contributed by atoms with van der Waals surface area (Å²) in [6, 6.07) is 53.0. The van der Waals surface area contributed by atoms with Crippen LogP contribution in [-0.2, 0) is 31.2 Å². The highest BCUT2D eigenvalue weighted by atomic mass is 16.5. The molecule has 7 aromatic carbocycles. The molecule has 0 radical (unpaired) electrons. The van der Waals surface area contributed by atoms with Crippen molar-refractivity contribution in [1.82, 2.24) is 25.5 Å². The van der Waals surface area contributed by atoms with Crippen molar-refractivity contribution in [1.29, 1.82) is 0 Å². The predicted molar refractivity (Wildman–Crippen MR) is 253 cm³/mol. The van der Waals surface area contributed by atoms with Crippen LogP contribution in [0.4, 0.5) is 0 Å². The van der Waals surface area contributed by atoms with Crippen LogP contribution in [0.3, 0.4) is 0 Å². The van der Waals surface area contributed by atoms with Crippen molar-refractivity contribution in [3.05, 3.63) is 227 Å². The zero-order chi connectivity index (χ0) is 46.5. The van der Waals surface area contributed by atoms with Crippen LogP contribution in [-0.4, -0.2) is 50.0 Å². The number of ketones is 1. The van der Waals surface area contributed by atoms with Gasteiger partial charge in [0.25, 0.3) is 5.91 Å². The molecule has 1 heterocycles. The average Bonchev–Trinajstić information content (AvgIpc) is 4.10. The maximum atomic E-state index is 15.5. The smallest absolute Gasteiger partial charge is 0.338 e. The van der Waals surface area contributed by atoms with Crippen molar-refractivity contribution < 1.29 is 38.1 Å². The molecule has 1 fully saturated rings. The second kappa shape index (κ2) is 21.6. The number of benzene rings is 7. The van der Waals surface area contributed by atoms with Crippen molar-refractivity contribution in [3.8, 4) is 28.7 Å². The summed E-state index contributed by atoms with van der Waals surface area (Å²) in [6.07, 6.45) is 2.45. The van der Waals surface area contributed by atoms with Gasteiger partial charge in [0.15, 0.2) is 6.33 Å². The molecule has 9 rings (SSSR count). The van der Waals surface area contributed by atoms with Gasteiger partial charge in [0.2, 0.25) is 5.78 Å². The molecule has 1 saturated carbocycles. The molecule has 0 bridgehead atoms. The number of nitrogens with one attached hydrogen (secondary N) is 1. The first-order valence-electron chi connectivity index (χ1n) is 22.3. The van der Waals surface area contributed by atoms with Gasteiger partial charge in [-0.15, -0.1) is 15.0 Å². The number of carbonyl (C=O) groups is 3. The summed E-state index contributed by atoms with van der Waals surface area (Å²) in [5, 5.41) is 15.4. The van der Waals surface area contributed by atoms with Gasteiger partial charge in [-0.05, 0) is 83.1 Å². The van der Waals surface area contributed by atoms with Crippen molar-refractivity contribution in [2.75, 3.05) is 0 Å². The van der Waals surface area contributed by atoms with Crippen molar-refractivity contribution in [2.45, 2.75) is 57.8 Å². The minimum absolute atomic E-state index is 0.0321. The molecule has 0 spiro atoms. The van der Waals surface area contributed by atoms with Crippen LogP contribution >= 0.6 is 0 Å². The highest BCUT2D eigenvalue weighted by Gasteiger charge is 2.35. The fourth-order valence-corrected chi connectivity index (χ4v) is 8.00. The first-order chi connectivity index (χ1) is 33.5. The fourth-order valence-electron chi connectivity index (χ4n) is 8.00.